The van der Waals surface area contributed by atoms with E-state index in [9.17, 15) is 9.59 Å². The lowest BCUT2D eigenvalue weighted by Gasteiger charge is -2.19. The van der Waals surface area contributed by atoms with Gasteiger partial charge in [-0.3, -0.25) is 4.79 Å². The molecule has 0 fully saturated rings. The molecule has 0 saturated carbocycles. The number of ether oxygens (including phenoxy) is 2. The lowest BCUT2D eigenvalue weighted by Crippen LogP contribution is -2.29. The zero-order valence-electron chi connectivity index (χ0n) is 10.1. The van der Waals surface area contributed by atoms with E-state index in [1.54, 1.807) is 6.92 Å². The van der Waals surface area contributed by atoms with Gasteiger partial charge in [0.15, 0.2) is 0 Å². The lowest BCUT2D eigenvalue weighted by molar-refractivity contribution is -0.139. The molecule has 0 spiro atoms. The number of thioether (sulfide) groups is 1. The summed E-state index contributed by atoms with van der Waals surface area (Å²) in [5, 5.41) is 3.12. The Morgan fingerprint density at radius 2 is 2.24 bits per heavy atom. The molecular formula is C11H17NO4S. The van der Waals surface area contributed by atoms with E-state index in [2.05, 4.69) is 10.1 Å². The number of carbonyl (C=O) groups is 2. The van der Waals surface area contributed by atoms with Crippen LogP contribution in [0.3, 0.4) is 0 Å². The van der Waals surface area contributed by atoms with E-state index in [-0.39, 0.29) is 17.7 Å². The van der Waals surface area contributed by atoms with Crippen LogP contribution >= 0.6 is 11.8 Å². The van der Waals surface area contributed by atoms with Crippen molar-refractivity contribution in [3.05, 3.63) is 10.5 Å². The van der Waals surface area contributed by atoms with Crippen LogP contribution in [0.5, 0.6) is 0 Å². The van der Waals surface area contributed by atoms with Crippen LogP contribution in [0.15, 0.2) is 10.5 Å². The summed E-state index contributed by atoms with van der Waals surface area (Å²) in [4.78, 5) is 23.7. The molecule has 0 aromatic carbocycles. The monoisotopic (exact) mass is 259 g/mol. The molecule has 1 N–H and O–H groups in total. The predicted octanol–water partition coefficient (Wildman–Crippen LogP) is 0.703. The number of carbonyl (C=O) groups excluding carboxylic acids is 2. The van der Waals surface area contributed by atoms with Gasteiger partial charge in [0.25, 0.3) is 0 Å². The average molecular weight is 259 g/mol. The van der Waals surface area contributed by atoms with E-state index in [4.69, 9.17) is 4.74 Å². The molecule has 0 atom stereocenters. The first-order valence-electron chi connectivity index (χ1n) is 5.48. The number of nitrogens with one attached hydrogen (secondary N) is 1. The molecule has 0 bridgehead atoms. The van der Waals surface area contributed by atoms with Crippen LogP contribution in [0, 0.1) is 0 Å². The van der Waals surface area contributed by atoms with Crippen LogP contribution in [-0.4, -0.2) is 44.5 Å². The fourth-order valence-electron chi connectivity index (χ4n) is 1.43. The van der Waals surface area contributed by atoms with Crippen molar-refractivity contribution in [1.29, 1.82) is 0 Å². The van der Waals surface area contributed by atoms with Crippen molar-refractivity contribution in [3.8, 4) is 0 Å². The summed E-state index contributed by atoms with van der Waals surface area (Å²) in [6.07, 6.45) is 0.746. The zero-order valence-corrected chi connectivity index (χ0v) is 10.9. The first kappa shape index (κ1) is 14.1. The Hall–Kier alpha value is -1.01. The molecule has 1 aliphatic heterocycles. The molecular weight excluding hydrogens is 242 g/mol. The fourth-order valence-corrected chi connectivity index (χ4v) is 2.42. The Balaban J connectivity index is 2.67. The van der Waals surface area contributed by atoms with E-state index in [0.717, 1.165) is 17.9 Å². The van der Waals surface area contributed by atoms with Crippen LogP contribution in [0.2, 0.25) is 0 Å². The van der Waals surface area contributed by atoms with Gasteiger partial charge >= 0.3 is 11.9 Å². The van der Waals surface area contributed by atoms with Crippen molar-refractivity contribution >= 4 is 23.7 Å². The Kier molecular flexibility index (Phi) is 6.07. The summed E-state index contributed by atoms with van der Waals surface area (Å²) in [6.45, 7) is 3.45. The molecule has 1 aliphatic rings. The number of methoxy groups -OCH3 is 1. The highest BCUT2D eigenvalue weighted by atomic mass is 32.2. The van der Waals surface area contributed by atoms with E-state index >= 15 is 0 Å². The standard InChI is InChI=1S/C11H17NO4S/c1-3-16-11(14)8-6-12-5-4-9(8)17-7-10(13)15-2/h12H,3-7H2,1-2H3. The zero-order chi connectivity index (χ0) is 12.7. The van der Waals surface area contributed by atoms with Crippen LogP contribution in [0.1, 0.15) is 13.3 Å². The molecule has 6 heteroatoms. The second-order valence-corrected chi connectivity index (χ2v) is 4.48. The van der Waals surface area contributed by atoms with Crippen LogP contribution in [0.25, 0.3) is 0 Å². The van der Waals surface area contributed by atoms with Crippen molar-refractivity contribution in [2.75, 3.05) is 32.6 Å². The van der Waals surface area contributed by atoms with Gasteiger partial charge in [-0.05, 0) is 18.2 Å². The van der Waals surface area contributed by atoms with Crippen LogP contribution in [-0.2, 0) is 19.1 Å². The highest BCUT2D eigenvalue weighted by Crippen LogP contribution is 2.26. The Bertz CT molecular complexity index is 327. The summed E-state index contributed by atoms with van der Waals surface area (Å²) < 4.78 is 9.55. The van der Waals surface area contributed by atoms with Gasteiger partial charge in [-0.25, -0.2) is 4.79 Å². The SMILES string of the molecule is CCOC(=O)C1=C(SCC(=O)OC)CCNC1. The number of rotatable bonds is 5. The number of hydrogen-bond donors (Lipinski definition) is 1. The number of hydrogen-bond acceptors (Lipinski definition) is 6. The van der Waals surface area contributed by atoms with Crippen LogP contribution in [0.4, 0.5) is 0 Å². The molecule has 1 rings (SSSR count). The normalized spacial score (nSPS) is 15.6. The maximum absolute atomic E-state index is 11.7. The molecule has 96 valence electrons. The van der Waals surface area contributed by atoms with Gasteiger partial charge in [0.1, 0.15) is 0 Å². The third kappa shape index (κ3) is 4.40. The second kappa shape index (κ2) is 7.34. The summed E-state index contributed by atoms with van der Waals surface area (Å²) in [5.74, 6) is -0.356. The molecule has 0 saturated heterocycles. The first-order valence-corrected chi connectivity index (χ1v) is 6.47. The minimum Gasteiger partial charge on any atom is -0.468 e. The smallest absolute Gasteiger partial charge is 0.336 e. The Labute approximate surface area is 105 Å². The van der Waals surface area contributed by atoms with Crippen molar-refractivity contribution in [3.63, 3.8) is 0 Å². The van der Waals surface area contributed by atoms with Gasteiger partial charge < -0.3 is 14.8 Å². The Morgan fingerprint density at radius 3 is 2.88 bits per heavy atom. The number of esters is 2. The molecule has 0 radical (unpaired) electrons. The Morgan fingerprint density at radius 1 is 1.47 bits per heavy atom. The van der Waals surface area contributed by atoms with Crippen LogP contribution < -0.4 is 5.32 Å². The molecule has 0 unspecified atom stereocenters. The quantitative estimate of drug-likeness (QED) is 0.733. The average Bonchev–Trinajstić information content (AvgIpc) is 2.36. The van der Waals surface area contributed by atoms with E-state index in [0.29, 0.717) is 18.7 Å². The third-order valence-electron chi connectivity index (χ3n) is 2.28. The first-order chi connectivity index (χ1) is 8.19. The van der Waals surface area contributed by atoms with E-state index in [1.165, 1.54) is 18.9 Å². The second-order valence-electron chi connectivity index (χ2n) is 3.41. The molecule has 5 nitrogen and oxygen atoms in total. The molecule has 17 heavy (non-hydrogen) atoms. The predicted molar refractivity (Wildman–Crippen MR) is 65.6 cm³/mol. The van der Waals surface area contributed by atoms with E-state index < -0.39 is 0 Å². The maximum atomic E-state index is 11.7. The van der Waals surface area contributed by atoms with Crippen molar-refractivity contribution < 1.29 is 19.1 Å². The van der Waals surface area contributed by atoms with Gasteiger partial charge in [-0.1, -0.05) is 0 Å². The minimum absolute atomic E-state index is 0.231. The van der Waals surface area contributed by atoms with Gasteiger partial charge in [0, 0.05) is 13.1 Å². The largest absolute Gasteiger partial charge is 0.468 e. The van der Waals surface area contributed by atoms with Gasteiger partial charge in [-0.2, -0.15) is 0 Å². The van der Waals surface area contributed by atoms with Gasteiger partial charge in [0.2, 0.25) is 0 Å². The summed E-state index contributed by atoms with van der Waals surface area (Å²) in [7, 11) is 1.35. The fraction of sp³-hybridized carbons (Fsp3) is 0.636. The van der Waals surface area contributed by atoms with Crippen molar-refractivity contribution in [1.82, 2.24) is 5.32 Å². The van der Waals surface area contributed by atoms with Crippen molar-refractivity contribution in [2.24, 2.45) is 0 Å². The maximum Gasteiger partial charge on any atom is 0.336 e. The summed E-state index contributed by atoms with van der Waals surface area (Å²) >= 11 is 1.36. The molecule has 0 aliphatic carbocycles. The molecule has 1 heterocycles. The third-order valence-corrected chi connectivity index (χ3v) is 3.46. The molecule has 0 aromatic heterocycles. The van der Waals surface area contributed by atoms with Gasteiger partial charge in [0.05, 0.1) is 25.0 Å². The topological polar surface area (TPSA) is 64.6 Å². The minimum atomic E-state index is -0.299. The summed E-state index contributed by atoms with van der Waals surface area (Å²) in [5.41, 5.74) is 0.631. The molecule has 0 amide bonds. The highest BCUT2D eigenvalue weighted by molar-refractivity contribution is 8.03. The highest BCUT2D eigenvalue weighted by Gasteiger charge is 2.20. The van der Waals surface area contributed by atoms with Crippen molar-refractivity contribution in [2.45, 2.75) is 13.3 Å². The van der Waals surface area contributed by atoms with Gasteiger partial charge in [-0.15, -0.1) is 11.8 Å². The molecule has 0 aromatic rings. The lowest BCUT2D eigenvalue weighted by atomic mass is 10.1. The van der Waals surface area contributed by atoms with E-state index in [1.807, 2.05) is 0 Å². The summed E-state index contributed by atoms with van der Waals surface area (Å²) in [6, 6.07) is 0.